The van der Waals surface area contributed by atoms with Crippen molar-refractivity contribution in [3.05, 3.63) is 34.3 Å². The van der Waals surface area contributed by atoms with Crippen molar-refractivity contribution in [2.45, 2.75) is 45.1 Å². The molecule has 0 bridgehead atoms. The minimum atomic E-state index is -0.398. The lowest BCUT2D eigenvalue weighted by Gasteiger charge is -2.17. The van der Waals surface area contributed by atoms with Gasteiger partial charge in [0.2, 0.25) is 11.0 Å². The van der Waals surface area contributed by atoms with Crippen LogP contribution in [0.25, 0.3) is 0 Å². The van der Waals surface area contributed by atoms with Crippen LogP contribution in [0.3, 0.4) is 0 Å². The molecule has 2 saturated heterocycles. The number of ether oxygens (including phenoxy) is 1. The Hall–Kier alpha value is -2.32. The normalized spacial score (nSPS) is 22.4. The second kappa shape index (κ2) is 7.36. The van der Waals surface area contributed by atoms with Crippen LogP contribution in [-0.4, -0.2) is 41.3 Å². The summed E-state index contributed by atoms with van der Waals surface area (Å²) in [5, 5.41) is 12.3. The lowest BCUT2D eigenvalue weighted by atomic mass is 10.1. The number of aromatic nitrogens is 2. The molecule has 0 radical (unpaired) electrons. The number of nitrogens with one attached hydrogen (secondary N) is 1. The molecule has 0 aliphatic carbocycles. The fourth-order valence-corrected chi connectivity index (χ4v) is 4.27. The number of carbonyl (C=O) groups excluding carboxylic acids is 2. The Balaban J connectivity index is 1.43. The number of nitrogens with zero attached hydrogens (tertiary/aromatic N) is 3. The Labute approximate surface area is 161 Å². The van der Waals surface area contributed by atoms with Crippen LogP contribution >= 0.6 is 11.3 Å². The fraction of sp³-hybridized carbons (Fsp3) is 0.474. The molecule has 7 nitrogen and oxygen atoms in total. The molecule has 0 spiro atoms. The molecule has 4 rings (SSSR count). The Morgan fingerprint density at radius 3 is 2.89 bits per heavy atom. The van der Waals surface area contributed by atoms with E-state index in [1.165, 1.54) is 22.5 Å². The molecule has 2 aliphatic rings. The SMILES string of the molecule is Cc1ccc(N2C[C@@H](c3nnc(NC(=O)[C@@H]4CCCO4)s3)CC2=O)cc1C. The summed E-state index contributed by atoms with van der Waals surface area (Å²) in [5.74, 6) is -0.0946. The van der Waals surface area contributed by atoms with E-state index >= 15 is 0 Å². The molecule has 2 aromatic rings. The molecule has 1 N–H and O–H groups in total. The number of benzene rings is 1. The monoisotopic (exact) mass is 386 g/mol. The van der Waals surface area contributed by atoms with E-state index in [2.05, 4.69) is 22.4 Å². The van der Waals surface area contributed by atoms with E-state index < -0.39 is 6.10 Å². The lowest BCUT2D eigenvalue weighted by Crippen LogP contribution is -2.26. The van der Waals surface area contributed by atoms with Gasteiger partial charge < -0.3 is 9.64 Å². The fourth-order valence-electron chi connectivity index (χ4n) is 3.44. The summed E-state index contributed by atoms with van der Waals surface area (Å²) >= 11 is 1.33. The first-order valence-electron chi connectivity index (χ1n) is 9.15. The van der Waals surface area contributed by atoms with E-state index in [-0.39, 0.29) is 17.7 Å². The standard InChI is InChI=1S/C19H22N4O3S/c1-11-5-6-14(8-12(11)2)23-10-13(9-16(23)24)18-21-22-19(27-18)20-17(25)15-4-3-7-26-15/h5-6,8,13,15H,3-4,7,9-10H2,1-2H3,(H,20,22,25)/t13-,15-/m0/s1. The van der Waals surface area contributed by atoms with Gasteiger partial charge >= 0.3 is 0 Å². The lowest BCUT2D eigenvalue weighted by molar-refractivity contribution is -0.124. The van der Waals surface area contributed by atoms with Gasteiger partial charge in [-0.15, -0.1) is 10.2 Å². The van der Waals surface area contributed by atoms with E-state index in [4.69, 9.17) is 4.74 Å². The van der Waals surface area contributed by atoms with Crippen molar-refractivity contribution in [1.82, 2.24) is 10.2 Å². The highest BCUT2D eigenvalue weighted by molar-refractivity contribution is 7.15. The highest BCUT2D eigenvalue weighted by atomic mass is 32.1. The van der Waals surface area contributed by atoms with Gasteiger partial charge in [-0.2, -0.15) is 0 Å². The third-order valence-corrected chi connectivity index (χ3v) is 6.17. The predicted molar refractivity (Wildman–Crippen MR) is 103 cm³/mol. The molecule has 3 heterocycles. The first kappa shape index (κ1) is 18.1. The molecule has 8 heteroatoms. The van der Waals surface area contributed by atoms with Crippen LogP contribution in [0, 0.1) is 13.8 Å². The van der Waals surface area contributed by atoms with Crippen LogP contribution in [0.15, 0.2) is 18.2 Å². The highest BCUT2D eigenvalue weighted by Gasteiger charge is 2.34. The number of rotatable bonds is 4. The number of anilines is 2. The maximum Gasteiger partial charge on any atom is 0.255 e. The zero-order valence-electron chi connectivity index (χ0n) is 15.4. The molecule has 2 aliphatic heterocycles. The summed E-state index contributed by atoms with van der Waals surface area (Å²) in [6.45, 7) is 5.31. The molecule has 27 heavy (non-hydrogen) atoms. The van der Waals surface area contributed by atoms with Gasteiger partial charge in [-0.1, -0.05) is 17.4 Å². The van der Waals surface area contributed by atoms with Crippen LogP contribution in [-0.2, 0) is 14.3 Å². The van der Waals surface area contributed by atoms with Gasteiger partial charge in [0.05, 0.1) is 0 Å². The molecule has 0 saturated carbocycles. The summed E-state index contributed by atoms with van der Waals surface area (Å²) in [6.07, 6.45) is 1.64. The van der Waals surface area contributed by atoms with E-state index in [1.54, 1.807) is 0 Å². The second-order valence-electron chi connectivity index (χ2n) is 7.11. The molecule has 1 aromatic heterocycles. The molecule has 2 atom stereocenters. The average molecular weight is 386 g/mol. The molecule has 142 valence electrons. The summed E-state index contributed by atoms with van der Waals surface area (Å²) < 4.78 is 5.38. The second-order valence-corrected chi connectivity index (χ2v) is 8.12. The largest absolute Gasteiger partial charge is 0.368 e. The molecule has 0 unspecified atom stereocenters. The molecule has 2 amide bonds. The number of hydrogen-bond acceptors (Lipinski definition) is 6. The first-order valence-corrected chi connectivity index (χ1v) is 9.96. The average Bonchev–Trinajstić information content (AvgIpc) is 3.38. The van der Waals surface area contributed by atoms with Crippen LogP contribution in [0.1, 0.15) is 41.3 Å². The van der Waals surface area contributed by atoms with Crippen molar-refractivity contribution in [3.8, 4) is 0 Å². The van der Waals surface area contributed by atoms with Gasteiger partial charge in [-0.05, 0) is 49.9 Å². The van der Waals surface area contributed by atoms with Crippen molar-refractivity contribution in [2.75, 3.05) is 23.4 Å². The van der Waals surface area contributed by atoms with Gasteiger partial charge in [-0.25, -0.2) is 0 Å². The number of hydrogen-bond donors (Lipinski definition) is 1. The van der Waals surface area contributed by atoms with Gasteiger partial charge in [0.1, 0.15) is 11.1 Å². The van der Waals surface area contributed by atoms with Crippen LogP contribution in [0.4, 0.5) is 10.8 Å². The Morgan fingerprint density at radius 1 is 1.30 bits per heavy atom. The van der Waals surface area contributed by atoms with Crippen molar-refractivity contribution in [3.63, 3.8) is 0 Å². The third kappa shape index (κ3) is 3.72. The zero-order valence-corrected chi connectivity index (χ0v) is 16.2. The Kier molecular flexibility index (Phi) is 4.92. The van der Waals surface area contributed by atoms with Gasteiger partial charge in [0.15, 0.2) is 0 Å². The van der Waals surface area contributed by atoms with Crippen LogP contribution in [0.5, 0.6) is 0 Å². The summed E-state index contributed by atoms with van der Waals surface area (Å²) in [6, 6.07) is 6.06. The van der Waals surface area contributed by atoms with Crippen molar-refractivity contribution in [2.24, 2.45) is 0 Å². The summed E-state index contributed by atoms with van der Waals surface area (Å²) in [5.41, 5.74) is 3.29. The zero-order chi connectivity index (χ0) is 19.0. The summed E-state index contributed by atoms with van der Waals surface area (Å²) in [7, 11) is 0. The van der Waals surface area contributed by atoms with Crippen molar-refractivity contribution < 1.29 is 14.3 Å². The molecule has 2 fully saturated rings. The van der Waals surface area contributed by atoms with Crippen LogP contribution < -0.4 is 10.2 Å². The predicted octanol–water partition coefficient (Wildman–Crippen LogP) is 2.79. The molecular formula is C19H22N4O3S. The van der Waals surface area contributed by atoms with Gasteiger partial charge in [-0.3, -0.25) is 14.9 Å². The molecule has 1 aromatic carbocycles. The maximum atomic E-state index is 12.5. The first-order chi connectivity index (χ1) is 13.0. The number of aryl methyl sites for hydroxylation is 2. The topological polar surface area (TPSA) is 84.4 Å². The third-order valence-electron chi connectivity index (χ3n) is 5.17. The minimum Gasteiger partial charge on any atom is -0.368 e. The maximum absolute atomic E-state index is 12.5. The summed E-state index contributed by atoms with van der Waals surface area (Å²) in [4.78, 5) is 26.5. The van der Waals surface area contributed by atoms with E-state index in [1.807, 2.05) is 30.0 Å². The van der Waals surface area contributed by atoms with Crippen LogP contribution in [0.2, 0.25) is 0 Å². The number of amides is 2. The Bertz CT molecular complexity index is 876. The Morgan fingerprint density at radius 2 is 2.15 bits per heavy atom. The number of carbonyl (C=O) groups is 2. The van der Waals surface area contributed by atoms with Crippen molar-refractivity contribution >= 4 is 34.0 Å². The van der Waals surface area contributed by atoms with E-state index in [0.717, 1.165) is 23.5 Å². The van der Waals surface area contributed by atoms with E-state index in [0.29, 0.717) is 24.7 Å². The smallest absolute Gasteiger partial charge is 0.255 e. The minimum absolute atomic E-state index is 0.00927. The highest BCUT2D eigenvalue weighted by Crippen LogP contribution is 2.34. The van der Waals surface area contributed by atoms with Gasteiger partial charge in [0, 0.05) is 31.2 Å². The van der Waals surface area contributed by atoms with Gasteiger partial charge in [0.25, 0.3) is 5.91 Å². The van der Waals surface area contributed by atoms with E-state index in [9.17, 15) is 9.59 Å². The van der Waals surface area contributed by atoms with Crippen molar-refractivity contribution in [1.29, 1.82) is 0 Å². The quantitative estimate of drug-likeness (QED) is 0.873. The molecular weight excluding hydrogens is 364 g/mol.